The molecule has 154 valence electrons. The topological polar surface area (TPSA) is 150 Å². The first-order valence-electron chi connectivity index (χ1n) is 8.42. The Balaban J connectivity index is 0.00000256. The van der Waals surface area contributed by atoms with Gasteiger partial charge < -0.3 is 14.8 Å². The number of carbonyl (C=O) groups is 3. The third-order valence-corrected chi connectivity index (χ3v) is 8.51. The average molecular weight is 479 g/mol. The number of amides is 2. The fourth-order valence-electron chi connectivity index (χ4n) is 3.23. The van der Waals surface area contributed by atoms with Gasteiger partial charge in [-0.05, 0) is 17.4 Å². The summed E-state index contributed by atoms with van der Waals surface area (Å²) >= 11 is 3.98. The Morgan fingerprint density at radius 1 is 1.43 bits per heavy atom. The minimum atomic E-state index is -1.22. The molecule has 2 aliphatic rings. The molecule has 0 aromatic carbocycles. The van der Waals surface area contributed by atoms with Crippen molar-refractivity contribution in [2.45, 2.75) is 29.6 Å². The van der Waals surface area contributed by atoms with Gasteiger partial charge in [0.15, 0.2) is 16.7 Å². The zero-order chi connectivity index (χ0) is 20.8. The van der Waals surface area contributed by atoms with Gasteiger partial charge in [-0.15, -0.1) is 31.8 Å². The second-order valence-electron chi connectivity index (χ2n) is 6.65. The van der Waals surface area contributed by atoms with E-state index in [2.05, 4.69) is 25.7 Å². The van der Waals surface area contributed by atoms with Crippen LogP contribution in [0.3, 0.4) is 0 Å². The van der Waals surface area contributed by atoms with Crippen LogP contribution < -0.4 is 39.7 Å². The first-order chi connectivity index (χ1) is 13.8. The molecule has 0 radical (unpaired) electrons. The molecule has 0 saturated carbocycles. The van der Waals surface area contributed by atoms with Crippen LogP contribution in [0.15, 0.2) is 10.7 Å². The van der Waals surface area contributed by atoms with Gasteiger partial charge in [0.1, 0.15) is 10.4 Å². The Labute approximate surface area is 205 Å². The first kappa shape index (κ1) is 23.4. The number of nitrogens with zero attached hydrogens (tertiary/aromatic N) is 8. The van der Waals surface area contributed by atoms with Crippen molar-refractivity contribution in [1.29, 1.82) is 0 Å². The van der Waals surface area contributed by atoms with Crippen LogP contribution in [0.5, 0.6) is 0 Å². The van der Waals surface area contributed by atoms with Gasteiger partial charge in [0.2, 0.25) is 5.91 Å². The molecular weight excluding hydrogens is 463 g/mol. The Morgan fingerprint density at radius 2 is 2.20 bits per heavy atom. The van der Waals surface area contributed by atoms with Gasteiger partial charge in [0, 0.05) is 30.4 Å². The number of tetrazole rings is 1. The van der Waals surface area contributed by atoms with Crippen molar-refractivity contribution in [3.8, 4) is 0 Å². The second kappa shape index (κ2) is 9.08. The molecule has 30 heavy (non-hydrogen) atoms. The van der Waals surface area contributed by atoms with Gasteiger partial charge in [-0.2, -0.15) is 0 Å². The van der Waals surface area contributed by atoms with Crippen LogP contribution in [0.4, 0.5) is 0 Å². The first-order valence-corrected chi connectivity index (χ1v) is 11.3. The number of aryl methyl sites for hydroxylation is 1. The van der Waals surface area contributed by atoms with Gasteiger partial charge in [-0.1, -0.05) is 23.1 Å². The molecule has 0 N–H and O–H groups in total. The standard InChI is InChI=1S/C14H16N8O4S3.Na/c1-7-16-17-13(29-7)28-5-14(12(25)26)3-20-10(24)9(11(20)27-4-14)22(8(2)23)21-6-15-18-19-21;/h6,9,11H,3-5H2,1-2H3,(H,25,26);/q;+1/p-1/t9?,11-,14?;/m1./s1. The number of carbonyl (C=O) groups excluding carboxylic acids is 3. The van der Waals surface area contributed by atoms with E-state index >= 15 is 0 Å². The summed E-state index contributed by atoms with van der Waals surface area (Å²) in [5, 5.41) is 32.2. The van der Waals surface area contributed by atoms with Gasteiger partial charge in [0.25, 0.3) is 5.91 Å². The van der Waals surface area contributed by atoms with Crippen molar-refractivity contribution in [3.05, 3.63) is 11.3 Å². The van der Waals surface area contributed by atoms with E-state index in [1.54, 1.807) is 0 Å². The zero-order valence-electron chi connectivity index (χ0n) is 16.3. The Morgan fingerprint density at radius 3 is 2.77 bits per heavy atom. The number of fused-ring (bicyclic) bond motifs is 1. The predicted octanol–water partition coefficient (Wildman–Crippen LogP) is -4.87. The molecule has 2 aliphatic heterocycles. The summed E-state index contributed by atoms with van der Waals surface area (Å²) in [7, 11) is 0. The predicted molar refractivity (Wildman–Crippen MR) is 101 cm³/mol. The van der Waals surface area contributed by atoms with Crippen LogP contribution >= 0.6 is 34.9 Å². The van der Waals surface area contributed by atoms with Gasteiger partial charge in [-0.25, -0.2) is 5.01 Å². The number of β-lactam (4-membered cyclic amide) rings is 1. The van der Waals surface area contributed by atoms with Crippen molar-refractivity contribution < 1.29 is 49.0 Å². The molecule has 4 heterocycles. The van der Waals surface area contributed by atoms with Crippen molar-refractivity contribution >= 4 is 52.6 Å². The number of carboxylic acid groups (broad SMARTS) is 1. The summed E-state index contributed by atoms with van der Waals surface area (Å²) in [6.07, 6.45) is 1.23. The number of rotatable bonds is 6. The largest absolute Gasteiger partial charge is 1.00 e. The summed E-state index contributed by atoms with van der Waals surface area (Å²) in [5.41, 5.74) is -1.22. The summed E-state index contributed by atoms with van der Waals surface area (Å²) < 4.78 is 0.671. The Hall–Kier alpha value is -1.26. The maximum Gasteiger partial charge on any atom is 1.00 e. The molecule has 0 bridgehead atoms. The number of carboxylic acids is 1. The SMILES string of the molecule is CC(=O)N(C1C(=O)N2CC(CSc3nnc(C)s3)(C(=O)[O-])CS[C@H]12)n1cnnn1.[Na+]. The molecule has 4 rings (SSSR count). The molecule has 2 unspecified atom stereocenters. The minimum Gasteiger partial charge on any atom is -0.549 e. The van der Waals surface area contributed by atoms with E-state index in [1.807, 2.05) is 6.92 Å². The quantitative estimate of drug-likeness (QED) is 0.223. The van der Waals surface area contributed by atoms with E-state index in [4.69, 9.17) is 0 Å². The van der Waals surface area contributed by atoms with E-state index in [9.17, 15) is 19.5 Å². The van der Waals surface area contributed by atoms with Crippen LogP contribution in [0.1, 0.15) is 11.9 Å². The minimum absolute atomic E-state index is 0. The number of hydrogen-bond donors (Lipinski definition) is 0. The van der Waals surface area contributed by atoms with E-state index < -0.39 is 23.3 Å². The summed E-state index contributed by atoms with van der Waals surface area (Å²) in [4.78, 5) is 39.5. The molecule has 16 heteroatoms. The van der Waals surface area contributed by atoms with Crippen LogP contribution in [0, 0.1) is 12.3 Å². The van der Waals surface area contributed by atoms with Gasteiger partial charge >= 0.3 is 29.6 Å². The zero-order valence-corrected chi connectivity index (χ0v) is 20.7. The molecule has 2 aromatic rings. The van der Waals surface area contributed by atoms with Crippen molar-refractivity contribution in [1.82, 2.24) is 35.4 Å². The fourth-order valence-corrected chi connectivity index (χ4v) is 6.93. The molecule has 2 amide bonds. The molecule has 0 spiro atoms. The molecule has 2 aromatic heterocycles. The molecular formula is C14H15N8NaO4S3. The Kier molecular flexibility index (Phi) is 7.08. The maximum absolute atomic E-state index is 12.8. The summed E-state index contributed by atoms with van der Waals surface area (Å²) in [5.74, 6) is -1.50. The van der Waals surface area contributed by atoms with Crippen molar-refractivity contribution in [2.75, 3.05) is 23.1 Å². The number of aliphatic carboxylic acids is 1. The van der Waals surface area contributed by atoms with Gasteiger partial charge in [0.05, 0.1) is 5.97 Å². The fraction of sp³-hybridized carbons (Fsp3) is 0.571. The number of thioether (sulfide) groups is 2. The smallest absolute Gasteiger partial charge is 0.549 e. The van der Waals surface area contributed by atoms with Crippen LogP contribution in [-0.2, 0) is 14.4 Å². The van der Waals surface area contributed by atoms with Crippen molar-refractivity contribution in [2.24, 2.45) is 5.41 Å². The summed E-state index contributed by atoms with van der Waals surface area (Å²) in [6.45, 7) is 3.15. The van der Waals surface area contributed by atoms with E-state index in [1.165, 1.54) is 58.0 Å². The van der Waals surface area contributed by atoms with Crippen LogP contribution in [0.25, 0.3) is 0 Å². The van der Waals surface area contributed by atoms with Crippen LogP contribution in [0.2, 0.25) is 0 Å². The van der Waals surface area contributed by atoms with Crippen molar-refractivity contribution in [3.63, 3.8) is 0 Å². The normalized spacial score (nSPS) is 25.1. The molecule has 12 nitrogen and oxygen atoms in total. The summed E-state index contributed by atoms with van der Waals surface area (Å²) in [6, 6.07) is -0.792. The van der Waals surface area contributed by atoms with Crippen LogP contribution in [-0.4, -0.2) is 82.7 Å². The number of hydrogen-bond acceptors (Lipinski definition) is 12. The Bertz CT molecular complexity index is 959. The van der Waals surface area contributed by atoms with E-state index in [0.29, 0.717) is 4.34 Å². The molecule has 0 aliphatic carbocycles. The average Bonchev–Trinajstić information content (AvgIpc) is 3.35. The monoisotopic (exact) mass is 478 g/mol. The van der Waals surface area contributed by atoms with E-state index in [-0.39, 0.29) is 58.9 Å². The number of aromatic nitrogens is 6. The molecule has 2 saturated heterocycles. The van der Waals surface area contributed by atoms with E-state index in [0.717, 1.165) is 9.80 Å². The maximum atomic E-state index is 12.8. The second-order valence-corrected chi connectivity index (χ2v) is 10.2. The molecule has 2 fully saturated rings. The van der Waals surface area contributed by atoms with Gasteiger partial charge in [-0.3, -0.25) is 9.59 Å². The molecule has 3 atom stereocenters. The third kappa shape index (κ3) is 4.10. The third-order valence-electron chi connectivity index (χ3n) is 4.67.